The topological polar surface area (TPSA) is 84.9 Å². The number of anilines is 1. The largest absolute Gasteiger partial charge is 0.355 e. The Hall–Kier alpha value is -2.22. The van der Waals surface area contributed by atoms with Crippen LogP contribution in [0.15, 0.2) is 30.3 Å². The summed E-state index contributed by atoms with van der Waals surface area (Å²) in [4.78, 5) is 44.9. The number of thioether (sulfide) groups is 1. The molecule has 1 aromatic rings. The summed E-state index contributed by atoms with van der Waals surface area (Å²) in [7, 11) is 0. The molecule has 2 saturated heterocycles. The van der Waals surface area contributed by atoms with Crippen molar-refractivity contribution in [2.24, 2.45) is 0 Å². The van der Waals surface area contributed by atoms with E-state index in [0.717, 1.165) is 24.3 Å². The van der Waals surface area contributed by atoms with E-state index in [-0.39, 0.29) is 24.5 Å². The van der Waals surface area contributed by atoms with Crippen molar-refractivity contribution in [1.82, 2.24) is 5.32 Å². The van der Waals surface area contributed by atoms with Gasteiger partial charge >= 0.3 is 18.0 Å². The molecule has 0 saturated carbocycles. The summed E-state index contributed by atoms with van der Waals surface area (Å²) in [5, 5.41) is 3.40. The molecule has 2 fully saturated rings. The Balaban J connectivity index is 1.50. The fraction of sp³-hybridized carbons (Fsp3) is 0.500. The van der Waals surface area contributed by atoms with Crippen LogP contribution < -0.4 is 10.2 Å². The first kappa shape index (κ1) is 18.6. The van der Waals surface area contributed by atoms with Crippen molar-refractivity contribution < 1.29 is 24.2 Å². The van der Waals surface area contributed by atoms with E-state index < -0.39 is 11.9 Å². The average molecular weight is 378 g/mol. The van der Waals surface area contributed by atoms with E-state index in [1.54, 1.807) is 0 Å². The van der Waals surface area contributed by atoms with E-state index in [2.05, 4.69) is 15.1 Å². The molecule has 7 nitrogen and oxygen atoms in total. The first-order valence-electron chi connectivity index (χ1n) is 8.70. The van der Waals surface area contributed by atoms with Gasteiger partial charge in [-0.1, -0.05) is 24.6 Å². The second-order valence-corrected chi connectivity index (χ2v) is 7.67. The van der Waals surface area contributed by atoms with Gasteiger partial charge in [0.15, 0.2) is 0 Å². The Bertz CT molecular complexity index is 669. The van der Waals surface area contributed by atoms with Gasteiger partial charge in [-0.15, -0.1) is 0 Å². The Morgan fingerprint density at radius 3 is 2.73 bits per heavy atom. The van der Waals surface area contributed by atoms with E-state index in [1.807, 2.05) is 47.0 Å². The van der Waals surface area contributed by atoms with E-state index >= 15 is 0 Å². The van der Waals surface area contributed by atoms with Gasteiger partial charge in [-0.05, 0) is 25.0 Å². The molecule has 2 heterocycles. The lowest BCUT2D eigenvalue weighted by Gasteiger charge is -2.27. The van der Waals surface area contributed by atoms with Gasteiger partial charge in [-0.25, -0.2) is 24.2 Å². The van der Waals surface area contributed by atoms with Gasteiger partial charge in [-0.3, -0.25) is 4.90 Å². The molecule has 2 aliphatic heterocycles. The number of benzene rings is 1. The Morgan fingerprint density at radius 2 is 2.00 bits per heavy atom. The minimum absolute atomic E-state index is 0.0403. The third-order valence-electron chi connectivity index (χ3n) is 4.51. The summed E-state index contributed by atoms with van der Waals surface area (Å²) in [6.07, 6.45) is 2.61. The fourth-order valence-corrected chi connectivity index (χ4v) is 4.99. The van der Waals surface area contributed by atoms with Gasteiger partial charge in [0.25, 0.3) is 0 Å². The van der Waals surface area contributed by atoms with Crippen molar-refractivity contribution in [2.75, 3.05) is 10.7 Å². The number of fused-ring (bicyclic) bond motifs is 1. The van der Waals surface area contributed by atoms with Crippen molar-refractivity contribution in [3.63, 3.8) is 0 Å². The van der Waals surface area contributed by atoms with Crippen LogP contribution >= 0.6 is 11.8 Å². The summed E-state index contributed by atoms with van der Waals surface area (Å²) in [5.41, 5.74) is 0.912. The van der Waals surface area contributed by atoms with Crippen molar-refractivity contribution in [3.8, 4) is 0 Å². The maximum atomic E-state index is 12.4. The zero-order valence-electron chi connectivity index (χ0n) is 14.6. The SMILES string of the molecule is CC(=O)OOC(=O)CCCC[C@H]1SC[C@H]2NC(=O)N(c3ccccc3)[C@H]21. The fourth-order valence-electron chi connectivity index (χ4n) is 3.41. The highest BCUT2D eigenvalue weighted by Crippen LogP contribution is 2.39. The first-order valence-corrected chi connectivity index (χ1v) is 9.75. The highest BCUT2D eigenvalue weighted by atomic mass is 32.2. The molecule has 1 N–H and O–H groups in total. The maximum absolute atomic E-state index is 12.4. The summed E-state index contributed by atoms with van der Waals surface area (Å²) in [5.74, 6) is -0.286. The number of amides is 2. The summed E-state index contributed by atoms with van der Waals surface area (Å²) < 4.78 is 0. The monoisotopic (exact) mass is 378 g/mol. The number of hydrogen-bond acceptors (Lipinski definition) is 6. The number of nitrogens with one attached hydrogen (secondary N) is 1. The summed E-state index contributed by atoms with van der Waals surface area (Å²) in [6, 6.07) is 9.95. The molecule has 0 aliphatic carbocycles. The number of hydrogen-bond donors (Lipinski definition) is 1. The van der Waals surface area contributed by atoms with Crippen LogP contribution in [0.4, 0.5) is 10.5 Å². The zero-order chi connectivity index (χ0) is 18.5. The lowest BCUT2D eigenvalue weighted by molar-refractivity contribution is -0.257. The van der Waals surface area contributed by atoms with Gasteiger partial charge in [0.1, 0.15) is 0 Å². The highest BCUT2D eigenvalue weighted by Gasteiger charge is 2.48. The number of nitrogens with zero attached hydrogens (tertiary/aromatic N) is 1. The van der Waals surface area contributed by atoms with Crippen LogP contribution in [-0.2, 0) is 19.4 Å². The number of rotatable bonds is 6. The van der Waals surface area contributed by atoms with Crippen molar-refractivity contribution in [2.45, 2.75) is 49.9 Å². The predicted octanol–water partition coefficient (Wildman–Crippen LogP) is 2.65. The van der Waals surface area contributed by atoms with Gasteiger partial charge in [0, 0.05) is 23.6 Å². The molecular formula is C18H22N2O5S. The van der Waals surface area contributed by atoms with E-state index in [4.69, 9.17) is 0 Å². The van der Waals surface area contributed by atoms with E-state index in [9.17, 15) is 14.4 Å². The molecule has 2 aliphatic rings. The molecule has 0 unspecified atom stereocenters. The minimum Gasteiger partial charge on any atom is -0.332 e. The molecule has 3 rings (SSSR count). The molecule has 1 aromatic carbocycles. The van der Waals surface area contributed by atoms with Gasteiger partial charge in [-0.2, -0.15) is 11.8 Å². The molecule has 0 aromatic heterocycles. The molecule has 0 spiro atoms. The van der Waals surface area contributed by atoms with Crippen LogP contribution in [0.3, 0.4) is 0 Å². The van der Waals surface area contributed by atoms with Crippen LogP contribution in [0.5, 0.6) is 0 Å². The molecule has 8 heteroatoms. The van der Waals surface area contributed by atoms with E-state index in [0.29, 0.717) is 11.7 Å². The lowest BCUT2D eigenvalue weighted by Crippen LogP contribution is -2.41. The van der Waals surface area contributed by atoms with Crippen molar-refractivity contribution in [3.05, 3.63) is 30.3 Å². The first-order chi connectivity index (χ1) is 12.6. The standard InChI is InChI=1S/C18H22N2O5S/c1-12(21)24-25-16(22)10-6-5-9-15-17-14(11-26-15)19-18(23)20(17)13-7-3-2-4-8-13/h2-4,7-8,14-15,17H,5-6,9-11H2,1H3,(H,19,23)/t14-,15-,17-/m1/s1. The van der Waals surface area contributed by atoms with Gasteiger partial charge in [0.2, 0.25) is 0 Å². The second kappa shape index (κ2) is 8.44. The number of carbonyl (C=O) groups excluding carboxylic acids is 3. The molecule has 0 radical (unpaired) electrons. The molecule has 3 atom stereocenters. The van der Waals surface area contributed by atoms with Crippen LogP contribution in [0, 0.1) is 0 Å². The Morgan fingerprint density at radius 1 is 1.23 bits per heavy atom. The zero-order valence-corrected chi connectivity index (χ0v) is 15.4. The number of unbranched alkanes of at least 4 members (excludes halogenated alkanes) is 1. The number of urea groups is 1. The second-order valence-electron chi connectivity index (χ2n) is 6.40. The number of carbonyl (C=O) groups is 3. The summed E-state index contributed by atoms with van der Waals surface area (Å²) in [6.45, 7) is 1.18. The number of para-hydroxylation sites is 1. The molecule has 2 amide bonds. The Kier molecular flexibility index (Phi) is 6.03. The summed E-state index contributed by atoms with van der Waals surface area (Å²) >= 11 is 1.87. The molecule has 26 heavy (non-hydrogen) atoms. The van der Waals surface area contributed by atoms with Crippen LogP contribution in [0.1, 0.15) is 32.6 Å². The van der Waals surface area contributed by atoms with Crippen molar-refractivity contribution in [1.29, 1.82) is 0 Å². The maximum Gasteiger partial charge on any atom is 0.355 e. The quantitative estimate of drug-likeness (QED) is 0.355. The third-order valence-corrected chi connectivity index (χ3v) is 6.01. The van der Waals surface area contributed by atoms with E-state index in [1.165, 1.54) is 6.92 Å². The smallest absolute Gasteiger partial charge is 0.332 e. The molecule has 0 bridgehead atoms. The van der Waals surface area contributed by atoms with Crippen LogP contribution in [-0.4, -0.2) is 41.1 Å². The molecular weight excluding hydrogens is 356 g/mol. The normalized spacial score (nSPS) is 24.1. The van der Waals surface area contributed by atoms with Crippen molar-refractivity contribution >= 4 is 35.4 Å². The van der Waals surface area contributed by atoms with Crippen LogP contribution in [0.2, 0.25) is 0 Å². The minimum atomic E-state index is -0.647. The highest BCUT2D eigenvalue weighted by molar-refractivity contribution is 8.00. The third kappa shape index (κ3) is 4.30. The predicted molar refractivity (Wildman–Crippen MR) is 97.6 cm³/mol. The van der Waals surface area contributed by atoms with Crippen LogP contribution in [0.25, 0.3) is 0 Å². The average Bonchev–Trinajstić information content (AvgIpc) is 3.15. The van der Waals surface area contributed by atoms with Gasteiger partial charge < -0.3 is 5.32 Å². The Labute approximate surface area is 156 Å². The van der Waals surface area contributed by atoms with Gasteiger partial charge in [0.05, 0.1) is 18.5 Å². The lowest BCUT2D eigenvalue weighted by atomic mass is 10.0. The molecule has 140 valence electrons.